The number of carbonyl (C=O) groups is 1. The first-order valence-corrected chi connectivity index (χ1v) is 6.84. The highest BCUT2D eigenvalue weighted by Crippen LogP contribution is 2.15. The summed E-state index contributed by atoms with van der Waals surface area (Å²) < 4.78 is 27.6. The van der Waals surface area contributed by atoms with Crippen LogP contribution < -0.4 is 5.32 Å². The van der Waals surface area contributed by atoms with Gasteiger partial charge >= 0.3 is 0 Å². The Balaban J connectivity index is 1.79. The largest absolute Gasteiger partial charge is 0.319 e. The van der Waals surface area contributed by atoms with Gasteiger partial charge in [0.05, 0.1) is 5.69 Å². The van der Waals surface area contributed by atoms with Crippen LogP contribution in [0.5, 0.6) is 0 Å². The molecule has 116 valence electrons. The van der Waals surface area contributed by atoms with Crippen molar-refractivity contribution in [1.29, 1.82) is 0 Å². The van der Waals surface area contributed by atoms with Crippen molar-refractivity contribution >= 4 is 23.2 Å². The zero-order valence-electron chi connectivity index (χ0n) is 11.5. The first kappa shape index (κ1) is 15.1. The summed E-state index contributed by atoms with van der Waals surface area (Å²) in [5, 5.41) is 6.92. The predicted octanol–water partition coefficient (Wildman–Crippen LogP) is 3.45. The predicted molar refractivity (Wildman–Crippen MR) is 80.7 cm³/mol. The van der Waals surface area contributed by atoms with E-state index in [1.165, 1.54) is 11.0 Å². The number of amides is 1. The van der Waals surface area contributed by atoms with E-state index in [9.17, 15) is 13.6 Å². The third kappa shape index (κ3) is 3.51. The molecular formula is C15H9ClF2N4O. The molecule has 0 saturated carbocycles. The molecule has 1 N–H and O–H groups in total. The molecule has 0 bridgehead atoms. The van der Waals surface area contributed by atoms with Gasteiger partial charge in [0.25, 0.3) is 5.91 Å². The Kier molecular flexibility index (Phi) is 4.03. The summed E-state index contributed by atoms with van der Waals surface area (Å²) in [6, 6.07) is 9.47. The van der Waals surface area contributed by atoms with Crippen molar-refractivity contribution in [3.05, 3.63) is 71.3 Å². The lowest BCUT2D eigenvalue weighted by molar-refractivity contribution is 0.101. The quantitative estimate of drug-likeness (QED) is 0.798. The summed E-state index contributed by atoms with van der Waals surface area (Å²) in [7, 11) is 0. The maximum atomic E-state index is 13.1. The molecule has 0 spiro atoms. The summed E-state index contributed by atoms with van der Waals surface area (Å²) in [4.78, 5) is 15.9. The van der Waals surface area contributed by atoms with E-state index >= 15 is 0 Å². The molecule has 3 rings (SSSR count). The maximum Gasteiger partial charge on any atom is 0.295 e. The van der Waals surface area contributed by atoms with E-state index in [4.69, 9.17) is 11.6 Å². The zero-order chi connectivity index (χ0) is 16.4. The Labute approximate surface area is 134 Å². The average Bonchev–Trinajstić information content (AvgIpc) is 2.97. The molecule has 0 atom stereocenters. The Morgan fingerprint density at radius 3 is 2.39 bits per heavy atom. The average molecular weight is 335 g/mol. The molecule has 0 saturated heterocycles. The minimum atomic E-state index is -0.792. The monoisotopic (exact) mass is 334 g/mol. The lowest BCUT2D eigenvalue weighted by Crippen LogP contribution is -2.14. The molecule has 0 aliphatic carbocycles. The second kappa shape index (κ2) is 6.13. The van der Waals surface area contributed by atoms with Gasteiger partial charge in [0.1, 0.15) is 18.0 Å². The molecule has 0 radical (unpaired) electrons. The summed E-state index contributed by atoms with van der Waals surface area (Å²) in [6.45, 7) is 0. The van der Waals surface area contributed by atoms with Crippen LogP contribution in [0.1, 0.15) is 10.6 Å². The second-order valence-corrected chi connectivity index (χ2v) is 5.04. The molecule has 1 amide bonds. The SMILES string of the molecule is O=C(Nc1cc(F)cc(F)c1)c1ncn(-c2ccc(Cl)cc2)n1. The van der Waals surface area contributed by atoms with E-state index in [1.807, 2.05) is 0 Å². The van der Waals surface area contributed by atoms with E-state index in [0.717, 1.165) is 12.1 Å². The summed E-state index contributed by atoms with van der Waals surface area (Å²) >= 11 is 5.80. The van der Waals surface area contributed by atoms with Gasteiger partial charge in [-0.3, -0.25) is 4.79 Å². The van der Waals surface area contributed by atoms with E-state index in [0.29, 0.717) is 16.8 Å². The molecular weight excluding hydrogens is 326 g/mol. The third-order valence-electron chi connectivity index (χ3n) is 2.91. The maximum absolute atomic E-state index is 13.1. The van der Waals surface area contributed by atoms with Gasteiger partial charge < -0.3 is 5.32 Å². The van der Waals surface area contributed by atoms with Crippen molar-refractivity contribution < 1.29 is 13.6 Å². The normalized spacial score (nSPS) is 10.6. The number of rotatable bonds is 3. The number of aromatic nitrogens is 3. The van der Waals surface area contributed by atoms with Gasteiger partial charge in [0.2, 0.25) is 5.82 Å². The van der Waals surface area contributed by atoms with Crippen molar-refractivity contribution in [2.45, 2.75) is 0 Å². The van der Waals surface area contributed by atoms with Crippen LogP contribution in [0, 0.1) is 11.6 Å². The Hall–Kier alpha value is -2.80. The van der Waals surface area contributed by atoms with Gasteiger partial charge in [-0.2, -0.15) is 0 Å². The highest BCUT2D eigenvalue weighted by Gasteiger charge is 2.13. The van der Waals surface area contributed by atoms with Crippen LogP contribution in [-0.4, -0.2) is 20.7 Å². The Bertz CT molecular complexity index is 844. The van der Waals surface area contributed by atoms with Crippen molar-refractivity contribution in [3.8, 4) is 5.69 Å². The number of carbonyl (C=O) groups excluding carboxylic acids is 1. The van der Waals surface area contributed by atoms with Crippen LogP contribution in [0.3, 0.4) is 0 Å². The minimum Gasteiger partial charge on any atom is -0.319 e. The lowest BCUT2D eigenvalue weighted by atomic mass is 10.3. The molecule has 23 heavy (non-hydrogen) atoms. The van der Waals surface area contributed by atoms with Crippen molar-refractivity contribution in [2.75, 3.05) is 5.32 Å². The Morgan fingerprint density at radius 2 is 1.74 bits per heavy atom. The first-order valence-electron chi connectivity index (χ1n) is 6.46. The topological polar surface area (TPSA) is 59.8 Å². The van der Waals surface area contributed by atoms with Crippen LogP contribution in [-0.2, 0) is 0 Å². The molecule has 3 aromatic rings. The number of nitrogens with one attached hydrogen (secondary N) is 1. The minimum absolute atomic E-state index is 0.0182. The molecule has 1 heterocycles. The van der Waals surface area contributed by atoms with Gasteiger partial charge in [-0.05, 0) is 36.4 Å². The van der Waals surface area contributed by atoms with Crippen LogP contribution in [0.25, 0.3) is 5.69 Å². The van der Waals surface area contributed by atoms with Crippen LogP contribution in [0.4, 0.5) is 14.5 Å². The fourth-order valence-corrected chi connectivity index (χ4v) is 2.02. The standard InChI is InChI=1S/C15H9ClF2N4O/c16-9-1-3-13(4-2-9)22-8-19-14(21-22)15(23)20-12-6-10(17)5-11(18)7-12/h1-8H,(H,20,23). The van der Waals surface area contributed by atoms with Gasteiger partial charge in [-0.15, -0.1) is 5.10 Å². The second-order valence-electron chi connectivity index (χ2n) is 4.60. The number of hydrogen-bond donors (Lipinski definition) is 1. The number of benzene rings is 2. The summed E-state index contributed by atoms with van der Waals surface area (Å²) in [6.07, 6.45) is 1.35. The van der Waals surface area contributed by atoms with Crippen LogP contribution in [0.15, 0.2) is 48.8 Å². The fraction of sp³-hybridized carbons (Fsp3) is 0. The third-order valence-corrected chi connectivity index (χ3v) is 3.16. The highest BCUT2D eigenvalue weighted by molar-refractivity contribution is 6.30. The number of nitrogens with zero attached hydrogens (tertiary/aromatic N) is 3. The molecule has 0 unspecified atom stereocenters. The number of anilines is 1. The Morgan fingerprint density at radius 1 is 1.09 bits per heavy atom. The van der Waals surface area contributed by atoms with Gasteiger partial charge in [-0.1, -0.05) is 11.6 Å². The van der Waals surface area contributed by atoms with E-state index < -0.39 is 17.5 Å². The van der Waals surface area contributed by atoms with Gasteiger partial charge in [0.15, 0.2) is 0 Å². The molecule has 0 fully saturated rings. The number of halogens is 3. The lowest BCUT2D eigenvalue weighted by Gasteiger charge is -2.03. The molecule has 8 heteroatoms. The van der Waals surface area contributed by atoms with Crippen LogP contribution >= 0.6 is 11.6 Å². The van der Waals surface area contributed by atoms with E-state index in [1.54, 1.807) is 24.3 Å². The summed E-state index contributed by atoms with van der Waals surface area (Å²) in [5.74, 6) is -2.40. The van der Waals surface area contributed by atoms with E-state index in [2.05, 4.69) is 15.4 Å². The van der Waals surface area contributed by atoms with Crippen molar-refractivity contribution in [2.24, 2.45) is 0 Å². The van der Waals surface area contributed by atoms with Crippen molar-refractivity contribution in [1.82, 2.24) is 14.8 Å². The van der Waals surface area contributed by atoms with Gasteiger partial charge in [-0.25, -0.2) is 18.4 Å². The smallest absolute Gasteiger partial charge is 0.295 e. The molecule has 5 nitrogen and oxygen atoms in total. The molecule has 2 aromatic carbocycles. The van der Waals surface area contributed by atoms with E-state index in [-0.39, 0.29) is 11.5 Å². The summed E-state index contributed by atoms with van der Waals surface area (Å²) in [5.41, 5.74) is 0.646. The number of hydrogen-bond acceptors (Lipinski definition) is 3. The fourth-order valence-electron chi connectivity index (χ4n) is 1.90. The van der Waals surface area contributed by atoms with Crippen molar-refractivity contribution in [3.63, 3.8) is 0 Å². The molecule has 0 aliphatic rings. The molecule has 0 aliphatic heterocycles. The highest BCUT2D eigenvalue weighted by atomic mass is 35.5. The first-order chi connectivity index (χ1) is 11.0. The zero-order valence-corrected chi connectivity index (χ0v) is 12.3. The molecule has 1 aromatic heterocycles. The van der Waals surface area contributed by atoms with Crippen LogP contribution in [0.2, 0.25) is 5.02 Å². The van der Waals surface area contributed by atoms with Gasteiger partial charge in [0, 0.05) is 16.8 Å².